The Balaban J connectivity index is 2.76. The second kappa shape index (κ2) is 6.37. The van der Waals surface area contributed by atoms with Crippen LogP contribution >= 0.6 is 0 Å². The summed E-state index contributed by atoms with van der Waals surface area (Å²) < 4.78 is 1.92. The lowest BCUT2D eigenvalue weighted by Gasteiger charge is -2.31. The van der Waals surface area contributed by atoms with E-state index in [2.05, 4.69) is 39.7 Å². The van der Waals surface area contributed by atoms with Gasteiger partial charge in [-0.1, -0.05) is 27.7 Å². The van der Waals surface area contributed by atoms with Crippen molar-refractivity contribution < 1.29 is 5.11 Å². The molecule has 0 aliphatic rings. The molecule has 0 saturated heterocycles. The van der Waals surface area contributed by atoms with Gasteiger partial charge in [-0.2, -0.15) is 5.10 Å². The maximum absolute atomic E-state index is 10.9. The van der Waals surface area contributed by atoms with E-state index in [1.807, 2.05) is 17.1 Å². The van der Waals surface area contributed by atoms with Crippen molar-refractivity contribution in [2.75, 3.05) is 0 Å². The summed E-state index contributed by atoms with van der Waals surface area (Å²) in [6, 6.07) is 0. The van der Waals surface area contributed by atoms with E-state index in [1.54, 1.807) is 0 Å². The van der Waals surface area contributed by atoms with Crippen LogP contribution in [0.4, 0.5) is 0 Å². The highest BCUT2D eigenvalue weighted by atomic mass is 16.3. The van der Waals surface area contributed by atoms with Gasteiger partial charge >= 0.3 is 0 Å². The third kappa shape index (κ3) is 4.81. The van der Waals surface area contributed by atoms with E-state index in [4.69, 9.17) is 0 Å². The number of hydrogen-bond donors (Lipinski definition) is 1. The molecule has 3 nitrogen and oxygen atoms in total. The molecule has 0 aliphatic heterocycles. The second-order valence-electron chi connectivity index (χ2n) is 6.30. The molecule has 0 aromatic carbocycles. The van der Waals surface area contributed by atoms with Crippen molar-refractivity contribution in [3.8, 4) is 0 Å². The molecule has 0 spiro atoms. The summed E-state index contributed by atoms with van der Waals surface area (Å²) >= 11 is 0. The van der Waals surface area contributed by atoms with E-state index in [0.29, 0.717) is 18.3 Å². The predicted molar refractivity (Wildman–Crippen MR) is 75.5 cm³/mol. The monoisotopic (exact) mass is 252 g/mol. The minimum Gasteiger partial charge on any atom is -0.390 e. The first kappa shape index (κ1) is 15.2. The average molecular weight is 252 g/mol. The molecule has 0 amide bonds. The summed E-state index contributed by atoms with van der Waals surface area (Å²) in [5.41, 5.74) is 0.546. The Morgan fingerprint density at radius 2 is 1.78 bits per heavy atom. The van der Waals surface area contributed by atoms with Crippen molar-refractivity contribution in [1.82, 2.24) is 9.78 Å². The smallest absolute Gasteiger partial charge is 0.0694 e. The van der Waals surface area contributed by atoms with E-state index in [9.17, 15) is 5.11 Å². The number of rotatable bonds is 7. The number of aliphatic hydroxyl groups is 1. The van der Waals surface area contributed by atoms with Gasteiger partial charge in [-0.15, -0.1) is 0 Å². The quantitative estimate of drug-likeness (QED) is 0.809. The fraction of sp³-hybridized carbons (Fsp3) is 0.800. The highest BCUT2D eigenvalue weighted by Gasteiger charge is 2.29. The van der Waals surface area contributed by atoms with Gasteiger partial charge in [0.05, 0.1) is 11.8 Å². The van der Waals surface area contributed by atoms with Gasteiger partial charge in [0.2, 0.25) is 0 Å². The van der Waals surface area contributed by atoms with Crippen molar-refractivity contribution in [2.45, 2.75) is 66.0 Å². The van der Waals surface area contributed by atoms with Crippen molar-refractivity contribution in [2.24, 2.45) is 11.8 Å². The zero-order valence-corrected chi connectivity index (χ0v) is 12.5. The van der Waals surface area contributed by atoms with E-state index in [-0.39, 0.29) is 0 Å². The van der Waals surface area contributed by atoms with Gasteiger partial charge in [-0.25, -0.2) is 0 Å². The summed E-state index contributed by atoms with van der Waals surface area (Å²) in [6.45, 7) is 11.6. The molecular formula is C15H28N2O. The summed E-state index contributed by atoms with van der Waals surface area (Å²) in [6.07, 6.45) is 6.34. The Morgan fingerprint density at radius 1 is 1.22 bits per heavy atom. The van der Waals surface area contributed by atoms with Gasteiger partial charge in [-0.3, -0.25) is 4.68 Å². The number of hydrogen-bond acceptors (Lipinski definition) is 2. The second-order valence-corrected chi connectivity index (χ2v) is 6.30. The van der Waals surface area contributed by atoms with E-state index >= 15 is 0 Å². The maximum atomic E-state index is 10.9. The molecule has 0 radical (unpaired) electrons. The van der Waals surface area contributed by atoms with Crippen LogP contribution in [0.3, 0.4) is 0 Å². The standard InChI is InChI=1S/C15H28N2O/c1-6-17-11-14(10-16-17)9-15(18,7-12(2)3)8-13(4)5/h10-13,18H,6-9H2,1-5H3. The lowest BCUT2D eigenvalue weighted by molar-refractivity contribution is 0.000728. The van der Waals surface area contributed by atoms with Gasteiger partial charge in [-0.05, 0) is 37.2 Å². The van der Waals surface area contributed by atoms with Gasteiger partial charge in [0.1, 0.15) is 0 Å². The third-order valence-electron chi connectivity index (χ3n) is 3.12. The Morgan fingerprint density at radius 3 is 2.17 bits per heavy atom. The molecule has 1 aromatic rings. The Hall–Kier alpha value is -0.830. The molecule has 0 bridgehead atoms. The van der Waals surface area contributed by atoms with Crippen LogP contribution in [-0.2, 0) is 13.0 Å². The van der Waals surface area contributed by atoms with Crippen LogP contribution in [0.2, 0.25) is 0 Å². The molecule has 0 atom stereocenters. The Bertz CT molecular complexity index is 345. The van der Waals surface area contributed by atoms with Crippen LogP contribution in [-0.4, -0.2) is 20.5 Å². The number of aryl methyl sites for hydroxylation is 1. The minimum atomic E-state index is -0.593. The molecule has 1 heterocycles. The predicted octanol–water partition coefficient (Wildman–Crippen LogP) is 3.27. The van der Waals surface area contributed by atoms with Gasteiger partial charge < -0.3 is 5.11 Å². The Kier molecular flexibility index (Phi) is 5.39. The Labute approximate surface area is 111 Å². The summed E-state index contributed by atoms with van der Waals surface area (Å²) in [5.74, 6) is 1.02. The van der Waals surface area contributed by atoms with Crippen LogP contribution < -0.4 is 0 Å². The third-order valence-corrected chi connectivity index (χ3v) is 3.12. The van der Waals surface area contributed by atoms with Crippen molar-refractivity contribution in [3.05, 3.63) is 18.0 Å². The maximum Gasteiger partial charge on any atom is 0.0694 e. The molecular weight excluding hydrogens is 224 g/mol. The fourth-order valence-corrected chi connectivity index (χ4v) is 2.80. The molecule has 0 fully saturated rings. The molecule has 3 heteroatoms. The topological polar surface area (TPSA) is 38.0 Å². The van der Waals surface area contributed by atoms with Crippen molar-refractivity contribution in [1.29, 1.82) is 0 Å². The molecule has 1 aromatic heterocycles. The minimum absolute atomic E-state index is 0.509. The average Bonchev–Trinajstić information content (AvgIpc) is 2.61. The van der Waals surface area contributed by atoms with Crippen molar-refractivity contribution in [3.63, 3.8) is 0 Å². The lowest BCUT2D eigenvalue weighted by Crippen LogP contribution is -2.34. The zero-order valence-electron chi connectivity index (χ0n) is 12.5. The molecule has 18 heavy (non-hydrogen) atoms. The first-order chi connectivity index (χ1) is 8.34. The van der Waals surface area contributed by atoms with Crippen LogP contribution in [0.1, 0.15) is 53.0 Å². The molecule has 0 saturated carbocycles. The van der Waals surface area contributed by atoms with Gasteiger partial charge in [0.15, 0.2) is 0 Å². The SMILES string of the molecule is CCn1cc(CC(O)(CC(C)C)CC(C)C)cn1. The molecule has 1 N–H and O–H groups in total. The van der Waals surface area contributed by atoms with Gasteiger partial charge in [0, 0.05) is 19.2 Å². The molecule has 0 unspecified atom stereocenters. The zero-order chi connectivity index (χ0) is 13.8. The van der Waals surface area contributed by atoms with Crippen molar-refractivity contribution >= 4 is 0 Å². The van der Waals surface area contributed by atoms with E-state index in [1.165, 1.54) is 0 Å². The van der Waals surface area contributed by atoms with Crippen LogP contribution in [0.25, 0.3) is 0 Å². The molecule has 104 valence electrons. The lowest BCUT2D eigenvalue weighted by atomic mass is 9.81. The molecule has 0 aliphatic carbocycles. The van der Waals surface area contributed by atoms with Crippen LogP contribution in [0.5, 0.6) is 0 Å². The molecule has 1 rings (SSSR count). The summed E-state index contributed by atoms with van der Waals surface area (Å²) in [5, 5.41) is 15.1. The first-order valence-electron chi connectivity index (χ1n) is 7.08. The highest BCUT2D eigenvalue weighted by molar-refractivity contribution is 5.08. The van der Waals surface area contributed by atoms with E-state index < -0.39 is 5.60 Å². The first-order valence-corrected chi connectivity index (χ1v) is 7.08. The van der Waals surface area contributed by atoms with Crippen LogP contribution in [0.15, 0.2) is 12.4 Å². The summed E-state index contributed by atoms with van der Waals surface area (Å²) in [4.78, 5) is 0. The fourth-order valence-electron chi connectivity index (χ4n) is 2.80. The van der Waals surface area contributed by atoms with Gasteiger partial charge in [0.25, 0.3) is 0 Å². The normalized spacial score (nSPS) is 12.7. The summed E-state index contributed by atoms with van der Waals surface area (Å²) in [7, 11) is 0. The largest absolute Gasteiger partial charge is 0.390 e. The number of nitrogens with zero attached hydrogens (tertiary/aromatic N) is 2. The van der Waals surface area contributed by atoms with Crippen LogP contribution in [0, 0.1) is 11.8 Å². The van der Waals surface area contributed by atoms with E-state index in [0.717, 1.165) is 24.9 Å². The number of aromatic nitrogens is 2. The highest BCUT2D eigenvalue weighted by Crippen LogP contribution is 2.28.